The molecule has 1 atom stereocenters. The molecule has 3 heteroatoms. The van der Waals surface area contributed by atoms with Gasteiger partial charge in [0.1, 0.15) is 0 Å². The Morgan fingerprint density at radius 1 is 1.16 bits per heavy atom. The van der Waals surface area contributed by atoms with Gasteiger partial charge in [0.05, 0.1) is 13.2 Å². The number of hydrogen-bond acceptors (Lipinski definition) is 3. The summed E-state index contributed by atoms with van der Waals surface area (Å²) in [6.07, 6.45) is 0. The number of aryl methyl sites for hydroxylation is 2. The molecule has 106 valence electrons. The van der Waals surface area contributed by atoms with Crippen LogP contribution in [0.4, 0.5) is 0 Å². The van der Waals surface area contributed by atoms with Crippen molar-refractivity contribution >= 4 is 0 Å². The predicted octanol–water partition coefficient (Wildman–Crippen LogP) is 2.41. The van der Waals surface area contributed by atoms with Gasteiger partial charge in [-0.3, -0.25) is 4.90 Å². The molecule has 2 N–H and O–H groups in total. The lowest BCUT2D eigenvalue weighted by atomic mass is 9.86. The summed E-state index contributed by atoms with van der Waals surface area (Å²) in [4.78, 5) is 2.44. The maximum atomic E-state index is 6.54. The van der Waals surface area contributed by atoms with E-state index in [0.717, 1.165) is 26.3 Å². The van der Waals surface area contributed by atoms with Gasteiger partial charge in [-0.15, -0.1) is 0 Å². The first kappa shape index (κ1) is 14.5. The van der Waals surface area contributed by atoms with Gasteiger partial charge in [0, 0.05) is 24.7 Å². The Morgan fingerprint density at radius 2 is 1.79 bits per heavy atom. The molecule has 19 heavy (non-hydrogen) atoms. The molecule has 2 rings (SSSR count). The number of hydrogen-bond donors (Lipinski definition) is 1. The summed E-state index contributed by atoms with van der Waals surface area (Å²) in [6, 6.07) is 6.57. The molecular formula is C16H26N2O. The minimum Gasteiger partial charge on any atom is -0.379 e. The summed E-state index contributed by atoms with van der Waals surface area (Å²) < 4.78 is 5.43. The zero-order valence-corrected chi connectivity index (χ0v) is 12.6. The van der Waals surface area contributed by atoms with Crippen molar-refractivity contribution in [1.29, 1.82) is 0 Å². The molecule has 0 radical (unpaired) electrons. The topological polar surface area (TPSA) is 38.5 Å². The van der Waals surface area contributed by atoms with E-state index in [4.69, 9.17) is 10.5 Å². The lowest BCUT2D eigenvalue weighted by molar-refractivity contribution is -0.0190. The van der Waals surface area contributed by atoms with E-state index in [2.05, 4.69) is 50.8 Å². The summed E-state index contributed by atoms with van der Waals surface area (Å²) in [5.74, 6) is 0. The molecule has 1 fully saturated rings. The third kappa shape index (κ3) is 2.99. The molecule has 0 bridgehead atoms. The maximum absolute atomic E-state index is 6.54. The molecule has 0 aromatic heterocycles. The monoisotopic (exact) mass is 262 g/mol. The Hall–Kier alpha value is -0.900. The van der Waals surface area contributed by atoms with Crippen LogP contribution in [-0.2, 0) is 4.74 Å². The van der Waals surface area contributed by atoms with Gasteiger partial charge in [-0.05, 0) is 44.4 Å². The molecule has 0 aliphatic carbocycles. The number of nitrogens with two attached hydrogens (primary N) is 1. The second-order valence-electron chi connectivity index (χ2n) is 6.07. The SMILES string of the molecule is Cc1ccc(C(N)C(C)(C)N2CCOCC2)cc1C. The van der Waals surface area contributed by atoms with Crippen molar-refractivity contribution in [2.45, 2.75) is 39.3 Å². The highest BCUT2D eigenvalue weighted by molar-refractivity contribution is 5.33. The summed E-state index contributed by atoms with van der Waals surface area (Å²) in [6.45, 7) is 12.3. The quantitative estimate of drug-likeness (QED) is 0.909. The average molecular weight is 262 g/mol. The largest absolute Gasteiger partial charge is 0.379 e. The molecule has 0 spiro atoms. The van der Waals surface area contributed by atoms with Crippen LogP contribution in [0.5, 0.6) is 0 Å². The lowest BCUT2D eigenvalue weighted by Gasteiger charge is -2.44. The van der Waals surface area contributed by atoms with E-state index in [0.29, 0.717) is 0 Å². The fourth-order valence-corrected chi connectivity index (χ4v) is 2.70. The Morgan fingerprint density at radius 3 is 2.37 bits per heavy atom. The van der Waals surface area contributed by atoms with Crippen LogP contribution in [0.15, 0.2) is 18.2 Å². The maximum Gasteiger partial charge on any atom is 0.0594 e. The van der Waals surface area contributed by atoms with E-state index in [9.17, 15) is 0 Å². The summed E-state index contributed by atoms with van der Waals surface area (Å²) in [7, 11) is 0. The molecule has 3 nitrogen and oxygen atoms in total. The van der Waals surface area contributed by atoms with Gasteiger partial charge in [0.25, 0.3) is 0 Å². The summed E-state index contributed by atoms with van der Waals surface area (Å²) in [5, 5.41) is 0. The van der Waals surface area contributed by atoms with Crippen LogP contribution >= 0.6 is 0 Å². The van der Waals surface area contributed by atoms with Gasteiger partial charge in [-0.1, -0.05) is 18.2 Å². The van der Waals surface area contributed by atoms with Crippen LogP contribution < -0.4 is 5.73 Å². The molecule has 1 heterocycles. The highest BCUT2D eigenvalue weighted by atomic mass is 16.5. The smallest absolute Gasteiger partial charge is 0.0594 e. The number of rotatable bonds is 3. The standard InChI is InChI=1S/C16H26N2O/c1-12-5-6-14(11-13(12)2)15(17)16(3,4)18-7-9-19-10-8-18/h5-6,11,15H,7-10,17H2,1-4H3. The predicted molar refractivity (Wildman–Crippen MR) is 79.3 cm³/mol. The van der Waals surface area contributed by atoms with Crippen molar-refractivity contribution in [2.75, 3.05) is 26.3 Å². The van der Waals surface area contributed by atoms with Crippen molar-refractivity contribution in [3.63, 3.8) is 0 Å². The van der Waals surface area contributed by atoms with Gasteiger partial charge in [-0.2, -0.15) is 0 Å². The molecule has 1 unspecified atom stereocenters. The van der Waals surface area contributed by atoms with E-state index >= 15 is 0 Å². The molecule has 1 aliphatic heterocycles. The zero-order chi connectivity index (χ0) is 14.0. The Balaban J connectivity index is 2.20. The second kappa shape index (κ2) is 5.61. The van der Waals surface area contributed by atoms with Gasteiger partial charge >= 0.3 is 0 Å². The lowest BCUT2D eigenvalue weighted by Crippen LogP contribution is -2.55. The highest BCUT2D eigenvalue weighted by Gasteiger charge is 2.34. The number of morpholine rings is 1. The minimum absolute atomic E-state index is 0.0184. The van der Waals surface area contributed by atoms with E-state index in [1.807, 2.05) is 0 Å². The van der Waals surface area contributed by atoms with Crippen LogP contribution in [0.1, 0.15) is 36.6 Å². The molecule has 1 aliphatic rings. The van der Waals surface area contributed by atoms with Crippen molar-refractivity contribution in [1.82, 2.24) is 4.90 Å². The molecule has 1 aromatic rings. The van der Waals surface area contributed by atoms with Gasteiger partial charge in [0.15, 0.2) is 0 Å². The Kier molecular flexibility index (Phi) is 4.29. The molecule has 0 saturated carbocycles. The average Bonchev–Trinajstić information content (AvgIpc) is 2.42. The molecular weight excluding hydrogens is 236 g/mol. The van der Waals surface area contributed by atoms with Crippen molar-refractivity contribution in [3.05, 3.63) is 34.9 Å². The van der Waals surface area contributed by atoms with Crippen LogP contribution in [0.2, 0.25) is 0 Å². The molecule has 1 aromatic carbocycles. The molecule has 0 amide bonds. The van der Waals surface area contributed by atoms with Crippen LogP contribution in [-0.4, -0.2) is 36.7 Å². The van der Waals surface area contributed by atoms with Crippen LogP contribution in [0.25, 0.3) is 0 Å². The third-order valence-electron chi connectivity index (χ3n) is 4.48. The molecule has 1 saturated heterocycles. The number of benzene rings is 1. The van der Waals surface area contributed by atoms with Crippen molar-refractivity contribution in [3.8, 4) is 0 Å². The van der Waals surface area contributed by atoms with E-state index in [-0.39, 0.29) is 11.6 Å². The number of nitrogens with zero attached hydrogens (tertiary/aromatic N) is 1. The Labute approximate surface area is 116 Å². The first-order valence-corrected chi connectivity index (χ1v) is 7.08. The zero-order valence-electron chi connectivity index (χ0n) is 12.6. The second-order valence-corrected chi connectivity index (χ2v) is 6.07. The van der Waals surface area contributed by atoms with E-state index in [1.165, 1.54) is 16.7 Å². The highest BCUT2D eigenvalue weighted by Crippen LogP contribution is 2.30. The van der Waals surface area contributed by atoms with Crippen molar-refractivity contribution < 1.29 is 4.74 Å². The normalized spacial score (nSPS) is 19.4. The Bertz CT molecular complexity index is 436. The van der Waals surface area contributed by atoms with Gasteiger partial charge in [0.2, 0.25) is 0 Å². The van der Waals surface area contributed by atoms with E-state index < -0.39 is 0 Å². The van der Waals surface area contributed by atoms with E-state index in [1.54, 1.807) is 0 Å². The van der Waals surface area contributed by atoms with Crippen LogP contribution in [0, 0.1) is 13.8 Å². The number of ether oxygens (including phenoxy) is 1. The minimum atomic E-state index is -0.0501. The van der Waals surface area contributed by atoms with Crippen molar-refractivity contribution in [2.24, 2.45) is 5.73 Å². The van der Waals surface area contributed by atoms with Gasteiger partial charge < -0.3 is 10.5 Å². The first-order chi connectivity index (χ1) is 8.93. The third-order valence-corrected chi connectivity index (χ3v) is 4.48. The summed E-state index contributed by atoms with van der Waals surface area (Å²) in [5.41, 5.74) is 10.3. The van der Waals surface area contributed by atoms with Gasteiger partial charge in [-0.25, -0.2) is 0 Å². The first-order valence-electron chi connectivity index (χ1n) is 7.08. The fraction of sp³-hybridized carbons (Fsp3) is 0.625. The van der Waals surface area contributed by atoms with Crippen LogP contribution in [0.3, 0.4) is 0 Å². The fourth-order valence-electron chi connectivity index (χ4n) is 2.70. The summed E-state index contributed by atoms with van der Waals surface area (Å²) >= 11 is 0.